The molecule has 1 spiro atoms. The first kappa shape index (κ1) is 11.1. The lowest BCUT2D eigenvalue weighted by atomic mass is 9.59. The van der Waals surface area contributed by atoms with Crippen LogP contribution in [0.1, 0.15) is 53.6 Å². The Labute approximate surface area is 120 Å². The highest BCUT2D eigenvalue weighted by Crippen LogP contribution is 2.51. The maximum atomic E-state index is 2.55. The molecule has 0 radical (unpaired) electrons. The summed E-state index contributed by atoms with van der Waals surface area (Å²) in [4.78, 5) is 0. The van der Waals surface area contributed by atoms with E-state index in [1.807, 2.05) is 0 Å². The van der Waals surface area contributed by atoms with Gasteiger partial charge in [-0.05, 0) is 55.7 Å². The normalized spacial score (nSPS) is 25.8. The smallest absolute Gasteiger partial charge is 0.195 e. The van der Waals surface area contributed by atoms with Gasteiger partial charge >= 0.3 is 0 Å². The third kappa shape index (κ3) is 1.22. The molecular formula is C19H20N+. The largest absolute Gasteiger partial charge is 0.197 e. The Hall–Kier alpha value is -1.63. The molecule has 2 aliphatic carbocycles. The van der Waals surface area contributed by atoms with Crippen molar-refractivity contribution in [2.24, 2.45) is 0 Å². The zero-order valence-corrected chi connectivity index (χ0v) is 11.9. The van der Waals surface area contributed by atoms with Gasteiger partial charge in [0.2, 0.25) is 0 Å². The molecule has 3 aliphatic rings. The van der Waals surface area contributed by atoms with Crippen LogP contribution in [0, 0.1) is 0 Å². The van der Waals surface area contributed by atoms with Crippen molar-refractivity contribution < 1.29 is 4.57 Å². The molecule has 100 valence electrons. The van der Waals surface area contributed by atoms with E-state index in [2.05, 4.69) is 41.1 Å². The van der Waals surface area contributed by atoms with Crippen molar-refractivity contribution >= 4 is 0 Å². The van der Waals surface area contributed by atoms with Gasteiger partial charge in [-0.25, -0.2) is 0 Å². The highest BCUT2D eigenvalue weighted by Gasteiger charge is 2.51. The van der Waals surface area contributed by atoms with Crippen LogP contribution in [0.2, 0.25) is 0 Å². The Kier molecular flexibility index (Phi) is 2.06. The standard InChI is InChI=1S/C19H20N/c1-5-14-7-2-10-19-11-3-8-15-9-4-12-20(18(15)19)13-16(6-1)17(14)19/h1,4-6,9,12H,2-3,7-8,10-11,13H2/q+1. The number of rotatable bonds is 0. The number of aromatic nitrogens is 1. The molecule has 0 saturated heterocycles. The molecule has 0 saturated carbocycles. The van der Waals surface area contributed by atoms with Crippen LogP contribution in [0.5, 0.6) is 0 Å². The zero-order valence-electron chi connectivity index (χ0n) is 11.9. The highest BCUT2D eigenvalue weighted by molar-refractivity contribution is 5.51. The van der Waals surface area contributed by atoms with E-state index in [9.17, 15) is 0 Å². The Bertz CT molecular complexity index is 652. The van der Waals surface area contributed by atoms with Gasteiger partial charge in [-0.1, -0.05) is 18.2 Å². The molecule has 2 heterocycles. The molecule has 1 nitrogen and oxygen atoms in total. The Morgan fingerprint density at radius 3 is 2.50 bits per heavy atom. The van der Waals surface area contributed by atoms with Gasteiger partial charge in [0.15, 0.2) is 18.4 Å². The van der Waals surface area contributed by atoms with E-state index in [1.165, 1.54) is 38.5 Å². The minimum Gasteiger partial charge on any atom is -0.197 e. The number of hydrogen-bond donors (Lipinski definition) is 0. The summed E-state index contributed by atoms with van der Waals surface area (Å²) >= 11 is 0. The molecule has 0 bridgehead atoms. The molecule has 5 rings (SSSR count). The van der Waals surface area contributed by atoms with Crippen molar-refractivity contribution in [2.45, 2.75) is 50.5 Å². The van der Waals surface area contributed by atoms with E-state index in [-0.39, 0.29) is 0 Å². The van der Waals surface area contributed by atoms with Gasteiger partial charge in [-0.3, -0.25) is 0 Å². The molecule has 1 aromatic heterocycles. The number of aryl methyl sites for hydroxylation is 2. The molecule has 1 atom stereocenters. The predicted octanol–water partition coefficient (Wildman–Crippen LogP) is 3.29. The Morgan fingerprint density at radius 1 is 0.850 bits per heavy atom. The van der Waals surface area contributed by atoms with E-state index < -0.39 is 0 Å². The molecule has 2 aromatic rings. The summed E-state index contributed by atoms with van der Waals surface area (Å²) in [7, 11) is 0. The van der Waals surface area contributed by atoms with E-state index in [0.29, 0.717) is 5.41 Å². The number of hydrogen-bond acceptors (Lipinski definition) is 0. The Balaban J connectivity index is 1.91. The molecule has 0 fully saturated rings. The van der Waals surface area contributed by atoms with Gasteiger partial charge in [0.25, 0.3) is 0 Å². The van der Waals surface area contributed by atoms with Gasteiger partial charge in [-0.2, -0.15) is 4.57 Å². The first-order valence-electron chi connectivity index (χ1n) is 8.02. The average Bonchev–Trinajstić information content (AvgIpc) is 2.48. The number of nitrogens with zero attached hydrogens (tertiary/aromatic N) is 1. The zero-order chi connectivity index (χ0) is 13.2. The average molecular weight is 262 g/mol. The van der Waals surface area contributed by atoms with Crippen molar-refractivity contribution in [3.05, 3.63) is 64.5 Å². The summed E-state index contributed by atoms with van der Waals surface area (Å²) in [6.07, 6.45) is 10.3. The number of pyridine rings is 1. The van der Waals surface area contributed by atoms with Crippen LogP contribution in [-0.2, 0) is 24.8 Å². The fourth-order valence-corrected chi connectivity index (χ4v) is 5.20. The van der Waals surface area contributed by atoms with Gasteiger partial charge in [0.05, 0.1) is 5.41 Å². The summed E-state index contributed by atoms with van der Waals surface area (Å²) in [5.74, 6) is 0. The van der Waals surface area contributed by atoms with Crippen LogP contribution in [0.4, 0.5) is 0 Å². The second-order valence-corrected chi connectivity index (χ2v) is 6.75. The minimum atomic E-state index is 0.345. The third-order valence-corrected chi connectivity index (χ3v) is 5.76. The van der Waals surface area contributed by atoms with Crippen molar-refractivity contribution in [2.75, 3.05) is 0 Å². The van der Waals surface area contributed by atoms with Gasteiger partial charge in [0.1, 0.15) is 0 Å². The molecule has 1 heteroatoms. The lowest BCUT2D eigenvalue weighted by Gasteiger charge is -2.44. The lowest BCUT2D eigenvalue weighted by Crippen LogP contribution is -2.54. The summed E-state index contributed by atoms with van der Waals surface area (Å²) in [6, 6.07) is 11.6. The third-order valence-electron chi connectivity index (χ3n) is 5.76. The van der Waals surface area contributed by atoms with Crippen molar-refractivity contribution in [1.29, 1.82) is 0 Å². The van der Waals surface area contributed by atoms with E-state index in [4.69, 9.17) is 0 Å². The van der Waals surface area contributed by atoms with Gasteiger partial charge < -0.3 is 0 Å². The quantitative estimate of drug-likeness (QED) is 0.641. The fraction of sp³-hybridized carbons (Fsp3) is 0.421. The first-order chi connectivity index (χ1) is 9.88. The van der Waals surface area contributed by atoms with Gasteiger partial charge in [0, 0.05) is 17.2 Å². The van der Waals surface area contributed by atoms with Crippen molar-refractivity contribution in [3.63, 3.8) is 0 Å². The van der Waals surface area contributed by atoms with Crippen molar-refractivity contribution in [3.8, 4) is 0 Å². The van der Waals surface area contributed by atoms with Crippen LogP contribution in [0.3, 0.4) is 0 Å². The van der Waals surface area contributed by atoms with Crippen LogP contribution in [0.25, 0.3) is 0 Å². The minimum absolute atomic E-state index is 0.345. The summed E-state index contributed by atoms with van der Waals surface area (Å²) in [5, 5.41) is 0. The highest BCUT2D eigenvalue weighted by atomic mass is 15.0. The second-order valence-electron chi connectivity index (χ2n) is 6.75. The van der Waals surface area contributed by atoms with Crippen LogP contribution >= 0.6 is 0 Å². The second kappa shape index (κ2) is 3.72. The Morgan fingerprint density at radius 2 is 1.60 bits per heavy atom. The molecule has 20 heavy (non-hydrogen) atoms. The molecule has 0 amide bonds. The summed E-state index contributed by atoms with van der Waals surface area (Å²) in [6.45, 7) is 1.08. The predicted molar refractivity (Wildman–Crippen MR) is 78.8 cm³/mol. The van der Waals surface area contributed by atoms with Crippen LogP contribution < -0.4 is 4.57 Å². The molecule has 1 aromatic carbocycles. The topological polar surface area (TPSA) is 3.88 Å². The first-order valence-corrected chi connectivity index (χ1v) is 8.02. The van der Waals surface area contributed by atoms with Crippen LogP contribution in [-0.4, -0.2) is 0 Å². The molecule has 0 N–H and O–H groups in total. The van der Waals surface area contributed by atoms with E-state index in [1.54, 1.807) is 27.9 Å². The summed E-state index contributed by atoms with van der Waals surface area (Å²) in [5.41, 5.74) is 8.55. The van der Waals surface area contributed by atoms with Crippen molar-refractivity contribution in [1.82, 2.24) is 0 Å². The molecule has 1 unspecified atom stereocenters. The van der Waals surface area contributed by atoms with E-state index in [0.717, 1.165) is 6.54 Å². The van der Waals surface area contributed by atoms with Gasteiger partial charge in [-0.15, -0.1) is 0 Å². The maximum Gasteiger partial charge on any atom is 0.195 e. The molecular weight excluding hydrogens is 242 g/mol. The number of benzene rings is 1. The van der Waals surface area contributed by atoms with Crippen LogP contribution in [0.15, 0.2) is 36.5 Å². The lowest BCUT2D eigenvalue weighted by molar-refractivity contribution is -0.702. The fourth-order valence-electron chi connectivity index (χ4n) is 5.20. The maximum absolute atomic E-state index is 2.55. The van der Waals surface area contributed by atoms with E-state index >= 15 is 0 Å². The monoisotopic (exact) mass is 262 g/mol. The molecule has 1 aliphatic heterocycles. The summed E-state index contributed by atoms with van der Waals surface area (Å²) < 4.78 is 2.55. The SMILES string of the molecule is c1cc2c3c(c1)C[n+]1cccc4c1C3(CCC2)CCC4.